The maximum atomic E-state index is 13.8. The lowest BCUT2D eigenvalue weighted by molar-refractivity contribution is -0.141. The molecular formula is C29H32Cl2N2O2. The van der Waals surface area contributed by atoms with Crippen LogP contribution in [0.3, 0.4) is 0 Å². The van der Waals surface area contributed by atoms with E-state index in [1.54, 1.807) is 23.1 Å². The minimum absolute atomic E-state index is 0.0157. The SMILES string of the molecule is CCC(C)NC(=O)C(Cc1ccccc1)N(Cc1c(Cl)cccc1Cl)C(=O)Cc1ccccc1C. The van der Waals surface area contributed by atoms with Crippen LogP contribution in [-0.2, 0) is 29.0 Å². The molecule has 0 saturated heterocycles. The van der Waals surface area contributed by atoms with E-state index in [-0.39, 0.29) is 30.8 Å². The molecule has 0 saturated carbocycles. The highest BCUT2D eigenvalue weighted by Crippen LogP contribution is 2.28. The molecule has 3 rings (SSSR count). The summed E-state index contributed by atoms with van der Waals surface area (Å²) >= 11 is 13.0. The van der Waals surface area contributed by atoms with E-state index in [9.17, 15) is 9.59 Å². The van der Waals surface area contributed by atoms with Gasteiger partial charge in [0.15, 0.2) is 0 Å². The molecule has 4 nitrogen and oxygen atoms in total. The zero-order chi connectivity index (χ0) is 25.4. The Morgan fingerprint density at radius 2 is 1.54 bits per heavy atom. The lowest BCUT2D eigenvalue weighted by Crippen LogP contribution is -2.52. The maximum absolute atomic E-state index is 13.8. The summed E-state index contributed by atoms with van der Waals surface area (Å²) in [6.45, 7) is 6.09. The molecule has 184 valence electrons. The van der Waals surface area contributed by atoms with Gasteiger partial charge in [0.1, 0.15) is 6.04 Å². The Kier molecular flexibility index (Phi) is 9.76. The summed E-state index contributed by atoms with van der Waals surface area (Å²) in [7, 11) is 0. The fraction of sp³-hybridized carbons (Fsp3) is 0.310. The third-order valence-electron chi connectivity index (χ3n) is 6.27. The first kappa shape index (κ1) is 26.8. The Balaban J connectivity index is 2.03. The topological polar surface area (TPSA) is 49.4 Å². The van der Waals surface area contributed by atoms with Crippen molar-refractivity contribution in [2.45, 2.75) is 58.7 Å². The van der Waals surface area contributed by atoms with Gasteiger partial charge in [0.25, 0.3) is 0 Å². The van der Waals surface area contributed by atoms with Gasteiger partial charge >= 0.3 is 0 Å². The molecule has 0 heterocycles. The number of benzene rings is 3. The first-order chi connectivity index (χ1) is 16.8. The Hall–Kier alpha value is -2.82. The second-order valence-corrected chi connectivity index (χ2v) is 9.66. The average Bonchev–Trinajstić information content (AvgIpc) is 2.84. The molecule has 0 bridgehead atoms. The van der Waals surface area contributed by atoms with Gasteiger partial charge in [0.2, 0.25) is 11.8 Å². The van der Waals surface area contributed by atoms with E-state index < -0.39 is 6.04 Å². The number of aryl methyl sites for hydroxylation is 1. The van der Waals surface area contributed by atoms with Gasteiger partial charge in [0.05, 0.1) is 6.42 Å². The van der Waals surface area contributed by atoms with Gasteiger partial charge in [0, 0.05) is 34.6 Å². The van der Waals surface area contributed by atoms with Crippen molar-refractivity contribution in [3.8, 4) is 0 Å². The number of hydrogen-bond donors (Lipinski definition) is 1. The van der Waals surface area contributed by atoms with Crippen molar-refractivity contribution in [1.82, 2.24) is 10.2 Å². The molecule has 2 atom stereocenters. The predicted octanol–water partition coefficient (Wildman–Crippen LogP) is 6.40. The quantitative estimate of drug-likeness (QED) is 0.343. The largest absolute Gasteiger partial charge is 0.352 e. The summed E-state index contributed by atoms with van der Waals surface area (Å²) in [4.78, 5) is 29.0. The van der Waals surface area contributed by atoms with Crippen molar-refractivity contribution in [2.24, 2.45) is 0 Å². The molecule has 3 aromatic rings. The van der Waals surface area contributed by atoms with Crippen molar-refractivity contribution < 1.29 is 9.59 Å². The first-order valence-electron chi connectivity index (χ1n) is 11.9. The molecule has 0 aliphatic carbocycles. The molecule has 0 aliphatic rings. The van der Waals surface area contributed by atoms with Gasteiger partial charge in [-0.25, -0.2) is 0 Å². The summed E-state index contributed by atoms with van der Waals surface area (Å²) in [5, 5.41) is 4.01. The fourth-order valence-electron chi connectivity index (χ4n) is 3.92. The minimum Gasteiger partial charge on any atom is -0.352 e. The van der Waals surface area contributed by atoms with Crippen LogP contribution in [0.5, 0.6) is 0 Å². The minimum atomic E-state index is -0.727. The first-order valence-corrected chi connectivity index (χ1v) is 12.7. The van der Waals surface area contributed by atoms with E-state index in [4.69, 9.17) is 23.2 Å². The van der Waals surface area contributed by atoms with Gasteiger partial charge in [-0.1, -0.05) is 90.8 Å². The molecule has 0 spiro atoms. The zero-order valence-corrected chi connectivity index (χ0v) is 21.9. The number of halogens is 2. The Morgan fingerprint density at radius 1 is 0.914 bits per heavy atom. The molecular weight excluding hydrogens is 479 g/mol. The summed E-state index contributed by atoms with van der Waals surface area (Å²) in [5.74, 6) is -0.347. The molecule has 2 unspecified atom stereocenters. The summed E-state index contributed by atoms with van der Waals surface area (Å²) < 4.78 is 0. The van der Waals surface area contributed by atoms with E-state index in [0.717, 1.165) is 23.1 Å². The molecule has 0 aliphatic heterocycles. The highest BCUT2D eigenvalue weighted by Gasteiger charge is 2.32. The number of nitrogens with zero attached hydrogens (tertiary/aromatic N) is 1. The maximum Gasteiger partial charge on any atom is 0.243 e. The number of carbonyl (C=O) groups is 2. The predicted molar refractivity (Wildman–Crippen MR) is 144 cm³/mol. The van der Waals surface area contributed by atoms with Gasteiger partial charge < -0.3 is 10.2 Å². The van der Waals surface area contributed by atoms with E-state index >= 15 is 0 Å². The zero-order valence-electron chi connectivity index (χ0n) is 20.4. The molecule has 1 N–H and O–H groups in total. The Bertz CT molecular complexity index is 1130. The Labute approximate surface area is 218 Å². The van der Waals surface area contributed by atoms with Crippen LogP contribution >= 0.6 is 23.2 Å². The van der Waals surface area contributed by atoms with Crippen LogP contribution in [0.4, 0.5) is 0 Å². The monoisotopic (exact) mass is 510 g/mol. The third kappa shape index (κ3) is 7.33. The molecule has 0 radical (unpaired) electrons. The normalized spacial score (nSPS) is 12.6. The van der Waals surface area contributed by atoms with Crippen LogP contribution in [0.2, 0.25) is 10.0 Å². The Morgan fingerprint density at radius 3 is 2.17 bits per heavy atom. The van der Waals surface area contributed by atoms with Crippen molar-refractivity contribution in [1.29, 1.82) is 0 Å². The number of hydrogen-bond acceptors (Lipinski definition) is 2. The lowest BCUT2D eigenvalue weighted by Gasteiger charge is -2.33. The molecule has 6 heteroatoms. The van der Waals surface area contributed by atoms with Gasteiger partial charge in [-0.15, -0.1) is 0 Å². The van der Waals surface area contributed by atoms with Crippen LogP contribution in [0.15, 0.2) is 72.8 Å². The van der Waals surface area contributed by atoms with Gasteiger partial charge in [-0.2, -0.15) is 0 Å². The molecule has 2 amide bonds. The fourth-order valence-corrected chi connectivity index (χ4v) is 4.44. The van der Waals surface area contributed by atoms with Crippen molar-refractivity contribution in [3.63, 3.8) is 0 Å². The van der Waals surface area contributed by atoms with Crippen molar-refractivity contribution in [3.05, 3.63) is 105 Å². The molecule has 0 fully saturated rings. The average molecular weight is 511 g/mol. The highest BCUT2D eigenvalue weighted by molar-refractivity contribution is 6.36. The lowest BCUT2D eigenvalue weighted by atomic mass is 10.00. The van der Waals surface area contributed by atoms with E-state index in [2.05, 4.69) is 5.32 Å². The number of carbonyl (C=O) groups excluding carboxylic acids is 2. The van der Waals surface area contributed by atoms with Crippen LogP contribution in [-0.4, -0.2) is 28.8 Å². The standard InChI is InChI=1S/C29H32Cl2N2O2/c1-4-21(3)32-29(35)27(17-22-12-6-5-7-13-22)33(19-24-25(30)15-10-16-26(24)31)28(34)18-23-14-9-8-11-20(23)2/h5-16,21,27H,4,17-19H2,1-3H3,(H,32,35). The summed E-state index contributed by atoms with van der Waals surface area (Å²) in [5.41, 5.74) is 3.55. The van der Waals surface area contributed by atoms with Gasteiger partial charge in [-0.3, -0.25) is 9.59 Å². The van der Waals surface area contributed by atoms with Crippen molar-refractivity contribution >= 4 is 35.0 Å². The van der Waals surface area contributed by atoms with Gasteiger partial charge in [-0.05, 0) is 49.1 Å². The second kappa shape index (κ2) is 12.8. The van der Waals surface area contributed by atoms with Crippen molar-refractivity contribution in [2.75, 3.05) is 0 Å². The van der Waals surface area contributed by atoms with E-state index in [1.165, 1.54) is 0 Å². The highest BCUT2D eigenvalue weighted by atomic mass is 35.5. The summed E-state index contributed by atoms with van der Waals surface area (Å²) in [6.07, 6.45) is 1.35. The van der Waals surface area contributed by atoms with Crippen LogP contribution in [0.25, 0.3) is 0 Å². The number of nitrogens with one attached hydrogen (secondary N) is 1. The third-order valence-corrected chi connectivity index (χ3v) is 6.97. The van der Waals surface area contributed by atoms with Crippen LogP contribution in [0, 0.1) is 6.92 Å². The number of amides is 2. The van der Waals surface area contributed by atoms with E-state index in [0.29, 0.717) is 22.0 Å². The summed E-state index contributed by atoms with van der Waals surface area (Å²) in [6, 6.07) is 22.1. The van der Waals surface area contributed by atoms with E-state index in [1.807, 2.05) is 75.4 Å². The smallest absolute Gasteiger partial charge is 0.243 e. The molecule has 0 aromatic heterocycles. The number of rotatable bonds is 10. The van der Waals surface area contributed by atoms with Crippen LogP contribution < -0.4 is 5.32 Å². The molecule has 3 aromatic carbocycles. The second-order valence-electron chi connectivity index (χ2n) is 8.85. The molecule has 35 heavy (non-hydrogen) atoms. The van der Waals surface area contributed by atoms with Crippen LogP contribution in [0.1, 0.15) is 42.5 Å².